The predicted molar refractivity (Wildman–Crippen MR) is 65.8 cm³/mol. The van der Waals surface area contributed by atoms with Crippen LogP contribution in [0.5, 0.6) is 0 Å². The highest BCUT2D eigenvalue weighted by Gasteiger charge is 2.35. The highest BCUT2D eigenvalue weighted by molar-refractivity contribution is 7.09. The number of hydrogen-bond donors (Lipinski definition) is 3. The number of carbonyl (C=O) groups excluding carboxylic acids is 1. The zero-order valence-corrected chi connectivity index (χ0v) is 10.4. The van der Waals surface area contributed by atoms with Gasteiger partial charge in [-0.15, -0.1) is 11.3 Å². The van der Waals surface area contributed by atoms with Crippen LogP contribution in [0.25, 0.3) is 0 Å². The number of rotatable bonds is 4. The van der Waals surface area contributed by atoms with Crippen LogP contribution in [0.3, 0.4) is 0 Å². The molecule has 0 bridgehead atoms. The molecule has 1 heterocycles. The zero-order chi connectivity index (χ0) is 12.3. The molecule has 94 valence electrons. The lowest BCUT2D eigenvalue weighted by Crippen LogP contribution is -2.49. The molecule has 0 saturated heterocycles. The molecule has 0 aromatic carbocycles. The van der Waals surface area contributed by atoms with E-state index in [0.29, 0.717) is 12.2 Å². The first kappa shape index (κ1) is 12.5. The number of carbonyl (C=O) groups is 1. The lowest BCUT2D eigenvalue weighted by Gasteiger charge is -2.27. The Morgan fingerprint density at radius 2 is 2.29 bits per heavy atom. The molecule has 5 nitrogen and oxygen atoms in total. The van der Waals surface area contributed by atoms with Gasteiger partial charge in [-0.3, -0.25) is 4.79 Å². The van der Waals surface area contributed by atoms with Crippen LogP contribution in [0.4, 0.5) is 0 Å². The summed E-state index contributed by atoms with van der Waals surface area (Å²) in [6.07, 6.45) is 3.77. The lowest BCUT2D eigenvalue weighted by atomic mass is 9.99. The van der Waals surface area contributed by atoms with Crippen LogP contribution >= 0.6 is 11.3 Å². The molecule has 1 saturated carbocycles. The molecule has 1 aromatic rings. The Bertz CT molecular complexity index is 399. The van der Waals surface area contributed by atoms with Crippen molar-refractivity contribution in [2.45, 2.75) is 37.8 Å². The Balaban J connectivity index is 2.05. The third-order valence-electron chi connectivity index (χ3n) is 3.20. The minimum atomic E-state index is -0.441. The Kier molecular flexibility index (Phi) is 3.76. The third kappa shape index (κ3) is 2.65. The summed E-state index contributed by atoms with van der Waals surface area (Å²) in [6, 6.07) is 0. The maximum absolute atomic E-state index is 12.0. The fraction of sp³-hybridized carbons (Fsp3) is 0.636. The van der Waals surface area contributed by atoms with E-state index in [1.54, 1.807) is 5.38 Å². The molecule has 1 aliphatic rings. The van der Waals surface area contributed by atoms with Crippen LogP contribution in [-0.4, -0.2) is 28.1 Å². The highest BCUT2D eigenvalue weighted by Crippen LogP contribution is 2.29. The first-order valence-electron chi connectivity index (χ1n) is 5.77. The number of aromatic nitrogens is 1. The van der Waals surface area contributed by atoms with E-state index in [2.05, 4.69) is 10.3 Å². The molecular formula is C11H17N3O2S. The van der Waals surface area contributed by atoms with Crippen molar-refractivity contribution in [3.05, 3.63) is 16.1 Å². The van der Waals surface area contributed by atoms with Crippen molar-refractivity contribution in [1.82, 2.24) is 10.3 Å². The lowest BCUT2D eigenvalue weighted by molar-refractivity contribution is 0.0834. The summed E-state index contributed by atoms with van der Waals surface area (Å²) < 4.78 is 0. The Morgan fingerprint density at radius 1 is 1.59 bits per heavy atom. The van der Waals surface area contributed by atoms with Gasteiger partial charge in [0.25, 0.3) is 5.91 Å². The van der Waals surface area contributed by atoms with Crippen LogP contribution < -0.4 is 11.1 Å². The smallest absolute Gasteiger partial charge is 0.271 e. The molecular weight excluding hydrogens is 238 g/mol. The summed E-state index contributed by atoms with van der Waals surface area (Å²) in [5.41, 5.74) is 5.41. The summed E-state index contributed by atoms with van der Waals surface area (Å²) in [4.78, 5) is 16.1. The molecule has 1 aromatic heterocycles. The molecule has 0 spiro atoms. The molecule has 6 heteroatoms. The molecule has 0 atom stereocenters. The first-order chi connectivity index (χ1) is 8.19. The maximum Gasteiger partial charge on any atom is 0.271 e. The quantitative estimate of drug-likeness (QED) is 0.736. The van der Waals surface area contributed by atoms with Crippen molar-refractivity contribution in [2.24, 2.45) is 5.73 Å². The fourth-order valence-corrected chi connectivity index (χ4v) is 2.84. The number of nitrogens with two attached hydrogens (primary N) is 1. The van der Waals surface area contributed by atoms with E-state index in [1.165, 1.54) is 11.3 Å². The molecule has 1 aliphatic carbocycles. The second-order valence-corrected chi connectivity index (χ2v) is 5.37. The van der Waals surface area contributed by atoms with Gasteiger partial charge in [0.1, 0.15) is 10.7 Å². The summed E-state index contributed by atoms with van der Waals surface area (Å²) in [5.74, 6) is -0.211. The van der Waals surface area contributed by atoms with Crippen molar-refractivity contribution >= 4 is 17.2 Å². The van der Waals surface area contributed by atoms with E-state index in [4.69, 9.17) is 5.73 Å². The molecule has 1 fully saturated rings. The van der Waals surface area contributed by atoms with Gasteiger partial charge in [-0.05, 0) is 12.8 Å². The minimum absolute atomic E-state index is 0.00732. The van der Waals surface area contributed by atoms with Crippen molar-refractivity contribution in [3.8, 4) is 0 Å². The highest BCUT2D eigenvalue weighted by atomic mass is 32.1. The van der Waals surface area contributed by atoms with Gasteiger partial charge < -0.3 is 16.2 Å². The second-order valence-electron chi connectivity index (χ2n) is 4.43. The topological polar surface area (TPSA) is 88.2 Å². The van der Waals surface area contributed by atoms with E-state index in [0.717, 1.165) is 30.7 Å². The second kappa shape index (κ2) is 5.12. The van der Waals surface area contributed by atoms with E-state index < -0.39 is 5.54 Å². The number of hydrogen-bond acceptors (Lipinski definition) is 5. The molecule has 0 aliphatic heterocycles. The number of aliphatic hydroxyl groups is 1. The molecule has 0 unspecified atom stereocenters. The van der Waals surface area contributed by atoms with Gasteiger partial charge in [0.2, 0.25) is 0 Å². The van der Waals surface area contributed by atoms with Crippen LogP contribution in [0, 0.1) is 0 Å². The fourth-order valence-electron chi connectivity index (χ4n) is 2.19. The van der Waals surface area contributed by atoms with Crippen molar-refractivity contribution in [2.75, 3.05) is 6.61 Å². The standard InChI is InChI=1S/C11H17N3O2S/c12-5-9-13-8(6-17-9)10(16)14-11(7-15)3-1-2-4-11/h6,15H,1-5,7,12H2,(H,14,16). The maximum atomic E-state index is 12.0. The van der Waals surface area contributed by atoms with Gasteiger partial charge in [-0.1, -0.05) is 12.8 Å². The van der Waals surface area contributed by atoms with Crippen LogP contribution in [0.1, 0.15) is 41.2 Å². The van der Waals surface area contributed by atoms with Gasteiger partial charge in [0.05, 0.1) is 12.1 Å². The van der Waals surface area contributed by atoms with Gasteiger partial charge in [0.15, 0.2) is 0 Å². The third-order valence-corrected chi connectivity index (χ3v) is 4.07. The molecule has 4 N–H and O–H groups in total. The first-order valence-corrected chi connectivity index (χ1v) is 6.65. The van der Waals surface area contributed by atoms with Gasteiger partial charge in [0, 0.05) is 11.9 Å². The van der Waals surface area contributed by atoms with Gasteiger partial charge >= 0.3 is 0 Å². The average molecular weight is 255 g/mol. The summed E-state index contributed by atoms with van der Waals surface area (Å²) >= 11 is 1.38. The largest absolute Gasteiger partial charge is 0.394 e. The van der Waals surface area contributed by atoms with Gasteiger partial charge in [-0.2, -0.15) is 0 Å². The zero-order valence-electron chi connectivity index (χ0n) is 9.61. The van der Waals surface area contributed by atoms with E-state index in [-0.39, 0.29) is 12.5 Å². The van der Waals surface area contributed by atoms with E-state index >= 15 is 0 Å². The molecule has 1 amide bonds. The van der Waals surface area contributed by atoms with Crippen molar-refractivity contribution < 1.29 is 9.90 Å². The Labute approximate surface area is 104 Å². The van der Waals surface area contributed by atoms with Gasteiger partial charge in [-0.25, -0.2) is 4.98 Å². The average Bonchev–Trinajstić information content (AvgIpc) is 2.97. The van der Waals surface area contributed by atoms with Crippen LogP contribution in [0.2, 0.25) is 0 Å². The normalized spacial score (nSPS) is 18.2. The molecule has 0 radical (unpaired) electrons. The summed E-state index contributed by atoms with van der Waals surface area (Å²) in [7, 11) is 0. The monoisotopic (exact) mass is 255 g/mol. The van der Waals surface area contributed by atoms with E-state index in [1.807, 2.05) is 0 Å². The Hall–Kier alpha value is -0.980. The van der Waals surface area contributed by atoms with Crippen molar-refractivity contribution in [1.29, 1.82) is 0 Å². The number of thiazole rings is 1. The van der Waals surface area contributed by atoms with Crippen LogP contribution in [0.15, 0.2) is 5.38 Å². The molecule has 17 heavy (non-hydrogen) atoms. The summed E-state index contributed by atoms with van der Waals surface area (Å²) in [5, 5.41) is 14.8. The number of nitrogens with zero attached hydrogens (tertiary/aromatic N) is 1. The number of aliphatic hydroxyl groups excluding tert-OH is 1. The number of nitrogens with one attached hydrogen (secondary N) is 1. The Morgan fingerprint density at radius 3 is 2.82 bits per heavy atom. The van der Waals surface area contributed by atoms with E-state index in [9.17, 15) is 9.90 Å². The number of amides is 1. The van der Waals surface area contributed by atoms with Crippen molar-refractivity contribution in [3.63, 3.8) is 0 Å². The van der Waals surface area contributed by atoms with Crippen LogP contribution in [-0.2, 0) is 6.54 Å². The predicted octanol–water partition coefficient (Wildman–Crippen LogP) is 0.637. The summed E-state index contributed by atoms with van der Waals surface area (Å²) in [6.45, 7) is 0.343. The molecule has 2 rings (SSSR count). The minimum Gasteiger partial charge on any atom is -0.394 e. The SMILES string of the molecule is NCc1nc(C(=O)NC2(CO)CCCC2)cs1.